The molecule has 0 unspecified atom stereocenters. The molecule has 1 amide bonds. The Morgan fingerprint density at radius 2 is 1.61 bits per heavy atom. The minimum absolute atomic E-state index is 0.250. The molecule has 6 nitrogen and oxygen atoms in total. The van der Waals surface area contributed by atoms with E-state index in [-0.39, 0.29) is 5.91 Å². The molecular formula is C17H15N3O3. The van der Waals surface area contributed by atoms with Crippen LogP contribution in [-0.2, 0) is 6.54 Å². The normalized spacial score (nSPS) is 10.7. The Labute approximate surface area is 131 Å². The van der Waals surface area contributed by atoms with Gasteiger partial charge in [-0.2, -0.15) is 0 Å². The molecule has 3 aromatic rings. The Bertz CT molecular complexity index is 984. The van der Waals surface area contributed by atoms with Gasteiger partial charge in [0.05, 0.1) is 11.0 Å². The number of H-pyrrole nitrogens is 2. The van der Waals surface area contributed by atoms with Crippen molar-refractivity contribution in [2.45, 2.75) is 13.5 Å². The average Bonchev–Trinajstić information content (AvgIpc) is 2.54. The first-order valence-electron chi connectivity index (χ1n) is 7.13. The summed E-state index contributed by atoms with van der Waals surface area (Å²) in [4.78, 5) is 39.7. The number of carbonyl (C=O) groups excluding carboxylic acids is 1. The Hall–Kier alpha value is -3.15. The topological polar surface area (TPSA) is 94.8 Å². The molecule has 0 bridgehead atoms. The minimum Gasteiger partial charge on any atom is -0.348 e. The molecule has 3 rings (SSSR count). The summed E-state index contributed by atoms with van der Waals surface area (Å²) in [5.74, 6) is -0.250. The van der Waals surface area contributed by atoms with Gasteiger partial charge in [-0.25, -0.2) is 0 Å². The van der Waals surface area contributed by atoms with Crippen LogP contribution in [-0.4, -0.2) is 15.9 Å². The molecule has 1 heterocycles. The van der Waals surface area contributed by atoms with Crippen LogP contribution in [0.4, 0.5) is 0 Å². The lowest BCUT2D eigenvalue weighted by molar-refractivity contribution is 0.0951. The van der Waals surface area contributed by atoms with Gasteiger partial charge < -0.3 is 15.3 Å². The van der Waals surface area contributed by atoms with E-state index in [0.717, 1.165) is 11.1 Å². The number of amides is 1. The SMILES string of the molecule is Cc1ccc(CNC(=O)c2ccc3[nH]c(=O)c(=O)[nH]c3c2)cc1. The molecule has 0 saturated heterocycles. The minimum atomic E-state index is -0.741. The Kier molecular flexibility index (Phi) is 3.80. The highest BCUT2D eigenvalue weighted by molar-refractivity contribution is 5.97. The monoisotopic (exact) mass is 309 g/mol. The summed E-state index contributed by atoms with van der Waals surface area (Å²) in [5.41, 5.74) is 2.01. The summed E-state index contributed by atoms with van der Waals surface area (Å²) in [7, 11) is 0. The molecule has 0 aliphatic carbocycles. The van der Waals surface area contributed by atoms with Crippen LogP contribution in [0.25, 0.3) is 11.0 Å². The molecular weight excluding hydrogens is 294 g/mol. The summed E-state index contributed by atoms with van der Waals surface area (Å²) in [6.07, 6.45) is 0. The van der Waals surface area contributed by atoms with E-state index in [2.05, 4.69) is 15.3 Å². The number of carbonyl (C=O) groups is 1. The number of nitrogens with one attached hydrogen (secondary N) is 3. The Morgan fingerprint density at radius 1 is 0.957 bits per heavy atom. The van der Waals surface area contributed by atoms with Gasteiger partial charge in [0.1, 0.15) is 0 Å². The van der Waals surface area contributed by atoms with Crippen LogP contribution in [0.2, 0.25) is 0 Å². The van der Waals surface area contributed by atoms with Gasteiger partial charge in [-0.3, -0.25) is 14.4 Å². The van der Waals surface area contributed by atoms with Crippen molar-refractivity contribution in [1.29, 1.82) is 0 Å². The van der Waals surface area contributed by atoms with Crippen molar-refractivity contribution >= 4 is 16.9 Å². The van der Waals surface area contributed by atoms with Crippen LogP contribution in [0.5, 0.6) is 0 Å². The maximum absolute atomic E-state index is 12.2. The highest BCUT2D eigenvalue weighted by Gasteiger charge is 2.07. The Balaban J connectivity index is 1.80. The number of benzene rings is 2. The molecule has 0 fully saturated rings. The van der Waals surface area contributed by atoms with E-state index in [1.54, 1.807) is 12.1 Å². The van der Waals surface area contributed by atoms with E-state index in [9.17, 15) is 14.4 Å². The highest BCUT2D eigenvalue weighted by Crippen LogP contribution is 2.10. The molecule has 23 heavy (non-hydrogen) atoms. The van der Waals surface area contributed by atoms with Crippen LogP contribution >= 0.6 is 0 Å². The summed E-state index contributed by atoms with van der Waals surface area (Å²) in [6.45, 7) is 2.42. The van der Waals surface area contributed by atoms with Crippen LogP contribution in [0.1, 0.15) is 21.5 Å². The van der Waals surface area contributed by atoms with Gasteiger partial charge in [0.25, 0.3) is 5.91 Å². The zero-order valence-corrected chi connectivity index (χ0v) is 12.5. The molecule has 116 valence electrons. The van der Waals surface area contributed by atoms with Crippen molar-refractivity contribution in [2.75, 3.05) is 0 Å². The first-order chi connectivity index (χ1) is 11.0. The highest BCUT2D eigenvalue weighted by atomic mass is 16.2. The second kappa shape index (κ2) is 5.92. The van der Waals surface area contributed by atoms with Crippen molar-refractivity contribution < 1.29 is 4.79 Å². The van der Waals surface area contributed by atoms with E-state index < -0.39 is 11.1 Å². The smallest absolute Gasteiger partial charge is 0.314 e. The van der Waals surface area contributed by atoms with Crippen molar-refractivity contribution in [2.24, 2.45) is 0 Å². The summed E-state index contributed by atoms with van der Waals surface area (Å²) >= 11 is 0. The summed E-state index contributed by atoms with van der Waals surface area (Å²) in [6, 6.07) is 12.6. The van der Waals surface area contributed by atoms with Crippen LogP contribution < -0.4 is 16.4 Å². The van der Waals surface area contributed by atoms with Gasteiger partial charge in [0.15, 0.2) is 0 Å². The fourth-order valence-corrected chi connectivity index (χ4v) is 2.25. The molecule has 0 spiro atoms. The van der Waals surface area contributed by atoms with Gasteiger partial charge in [-0.1, -0.05) is 29.8 Å². The zero-order chi connectivity index (χ0) is 16.4. The summed E-state index contributed by atoms with van der Waals surface area (Å²) in [5, 5.41) is 2.82. The quantitative estimate of drug-likeness (QED) is 0.639. The first kappa shape index (κ1) is 14.8. The van der Waals surface area contributed by atoms with Gasteiger partial charge >= 0.3 is 11.1 Å². The fourth-order valence-electron chi connectivity index (χ4n) is 2.25. The molecule has 0 atom stereocenters. The number of aromatic nitrogens is 2. The number of hydrogen-bond acceptors (Lipinski definition) is 3. The predicted octanol–water partition coefficient (Wildman–Crippen LogP) is 1.45. The van der Waals surface area contributed by atoms with E-state index in [1.165, 1.54) is 6.07 Å². The molecule has 3 N–H and O–H groups in total. The molecule has 6 heteroatoms. The Morgan fingerprint density at radius 3 is 2.30 bits per heavy atom. The third-order valence-corrected chi connectivity index (χ3v) is 3.56. The average molecular weight is 309 g/mol. The van der Waals surface area contributed by atoms with E-state index in [1.807, 2.05) is 31.2 Å². The van der Waals surface area contributed by atoms with Crippen LogP contribution in [0.3, 0.4) is 0 Å². The lowest BCUT2D eigenvalue weighted by Crippen LogP contribution is -2.29. The first-order valence-corrected chi connectivity index (χ1v) is 7.13. The third kappa shape index (κ3) is 3.21. The van der Waals surface area contributed by atoms with Gasteiger partial charge in [0, 0.05) is 12.1 Å². The van der Waals surface area contributed by atoms with E-state index in [0.29, 0.717) is 23.1 Å². The second-order valence-corrected chi connectivity index (χ2v) is 5.34. The van der Waals surface area contributed by atoms with Crippen molar-refractivity contribution in [3.8, 4) is 0 Å². The van der Waals surface area contributed by atoms with Crippen molar-refractivity contribution in [3.63, 3.8) is 0 Å². The maximum Gasteiger partial charge on any atom is 0.314 e. The molecule has 1 aromatic heterocycles. The van der Waals surface area contributed by atoms with Crippen LogP contribution in [0.15, 0.2) is 52.1 Å². The van der Waals surface area contributed by atoms with Crippen molar-refractivity contribution in [1.82, 2.24) is 15.3 Å². The van der Waals surface area contributed by atoms with E-state index in [4.69, 9.17) is 0 Å². The van der Waals surface area contributed by atoms with Gasteiger partial charge in [0.2, 0.25) is 0 Å². The number of rotatable bonds is 3. The number of fused-ring (bicyclic) bond motifs is 1. The predicted molar refractivity (Wildman–Crippen MR) is 87.5 cm³/mol. The zero-order valence-electron chi connectivity index (χ0n) is 12.5. The molecule has 0 radical (unpaired) electrons. The van der Waals surface area contributed by atoms with Gasteiger partial charge in [-0.05, 0) is 30.7 Å². The molecule has 2 aromatic carbocycles. The molecule has 0 aliphatic heterocycles. The lowest BCUT2D eigenvalue weighted by Gasteiger charge is -2.07. The standard InChI is InChI=1S/C17H15N3O3/c1-10-2-4-11(5-3-10)9-18-15(21)12-6-7-13-14(8-12)20-17(23)16(22)19-13/h2-8H,9H2,1H3,(H,18,21)(H,19,22)(H,20,23). The third-order valence-electron chi connectivity index (χ3n) is 3.56. The van der Waals surface area contributed by atoms with E-state index >= 15 is 0 Å². The molecule has 0 aliphatic rings. The fraction of sp³-hybridized carbons (Fsp3) is 0.118. The lowest BCUT2D eigenvalue weighted by atomic mass is 10.1. The van der Waals surface area contributed by atoms with Crippen molar-refractivity contribution in [3.05, 3.63) is 79.9 Å². The largest absolute Gasteiger partial charge is 0.348 e. The van der Waals surface area contributed by atoms with Gasteiger partial charge in [-0.15, -0.1) is 0 Å². The number of aromatic amines is 2. The van der Waals surface area contributed by atoms with Crippen LogP contribution in [0, 0.1) is 6.92 Å². The summed E-state index contributed by atoms with van der Waals surface area (Å²) < 4.78 is 0. The number of aryl methyl sites for hydroxylation is 1. The molecule has 0 saturated carbocycles. The number of hydrogen-bond donors (Lipinski definition) is 3. The second-order valence-electron chi connectivity index (χ2n) is 5.34. The maximum atomic E-state index is 12.2.